The van der Waals surface area contributed by atoms with Gasteiger partial charge >= 0.3 is 5.76 Å². The topological polar surface area (TPSA) is 102 Å². The molecule has 0 aliphatic rings. The third-order valence-electron chi connectivity index (χ3n) is 3.75. The summed E-state index contributed by atoms with van der Waals surface area (Å²) in [5.74, 6) is -0.999. The summed E-state index contributed by atoms with van der Waals surface area (Å²) < 4.78 is 28.0. The van der Waals surface area contributed by atoms with Crippen LogP contribution >= 0.6 is 0 Å². The van der Waals surface area contributed by atoms with Gasteiger partial charge in [-0.05, 0) is 38.5 Å². The minimum atomic E-state index is -2.59. The van der Waals surface area contributed by atoms with Gasteiger partial charge in [0.2, 0.25) is 5.95 Å². The monoisotopic (exact) mass is 344 g/mol. The van der Waals surface area contributed by atoms with Crippen molar-refractivity contribution in [3.8, 4) is 0 Å². The molecule has 0 unspecified atom stereocenters. The normalized spacial score (nSPS) is 13.4. The molecule has 0 bridgehead atoms. The van der Waals surface area contributed by atoms with Crippen LogP contribution in [0.3, 0.4) is 0 Å². The molecular formula is C17H19N5O3. The molecule has 3 rings (SSSR count). The summed E-state index contributed by atoms with van der Waals surface area (Å²) in [7, 11) is 0. The second-order valence-electron chi connectivity index (χ2n) is 5.84. The molecule has 0 aliphatic carbocycles. The predicted molar refractivity (Wildman–Crippen MR) is 94.3 cm³/mol. The Morgan fingerprint density at radius 3 is 2.68 bits per heavy atom. The number of amides is 1. The highest BCUT2D eigenvalue weighted by Crippen LogP contribution is 2.26. The molecule has 0 aliphatic heterocycles. The minimum absolute atomic E-state index is 0.0253. The van der Waals surface area contributed by atoms with Crippen molar-refractivity contribution in [2.75, 3.05) is 12.3 Å². The van der Waals surface area contributed by atoms with Crippen LogP contribution in [0.4, 0.5) is 11.6 Å². The lowest BCUT2D eigenvalue weighted by molar-refractivity contribution is 0.0962. The van der Waals surface area contributed by atoms with E-state index in [4.69, 9.17) is 8.53 Å². The van der Waals surface area contributed by atoms with Gasteiger partial charge in [0.05, 0.1) is 11.1 Å². The molecule has 2 N–H and O–H groups in total. The lowest BCUT2D eigenvalue weighted by atomic mass is 10.1. The van der Waals surface area contributed by atoms with Crippen molar-refractivity contribution < 1.29 is 13.3 Å². The number of aromatic nitrogens is 3. The largest absolute Gasteiger partial charge is 0.420 e. The molecule has 8 heteroatoms. The average Bonchev–Trinajstić information content (AvgIpc) is 2.89. The van der Waals surface area contributed by atoms with E-state index in [-0.39, 0.29) is 17.6 Å². The number of hydrogen-bond donors (Lipinski definition) is 2. The number of anilines is 2. The van der Waals surface area contributed by atoms with Crippen molar-refractivity contribution in [2.45, 2.75) is 26.8 Å². The Labute approximate surface area is 148 Å². The highest BCUT2D eigenvalue weighted by molar-refractivity contribution is 5.93. The highest BCUT2D eigenvalue weighted by Gasteiger charge is 2.15. The molecule has 130 valence electrons. The van der Waals surface area contributed by atoms with E-state index in [0.717, 1.165) is 5.56 Å². The molecule has 0 radical (unpaired) electrons. The summed E-state index contributed by atoms with van der Waals surface area (Å²) in [6, 6.07) is 3.45. The summed E-state index contributed by atoms with van der Waals surface area (Å²) in [5.41, 5.74) is 2.63. The molecule has 3 aromatic rings. The molecular weight excluding hydrogens is 322 g/mol. The molecule has 0 atom stereocenters. The van der Waals surface area contributed by atoms with E-state index in [1.54, 1.807) is 16.7 Å². The third-order valence-corrected chi connectivity index (χ3v) is 3.75. The van der Waals surface area contributed by atoms with Gasteiger partial charge in [0.15, 0.2) is 5.58 Å². The number of benzene rings is 1. The Morgan fingerprint density at radius 2 is 2.04 bits per heavy atom. The van der Waals surface area contributed by atoms with Gasteiger partial charge in [0, 0.05) is 35.2 Å². The van der Waals surface area contributed by atoms with Crippen LogP contribution < -0.4 is 16.4 Å². The Hall–Kier alpha value is -3.16. The fraction of sp³-hybridized carbons (Fsp3) is 0.294. The molecule has 8 nitrogen and oxygen atoms in total. The summed E-state index contributed by atoms with van der Waals surface area (Å²) >= 11 is 0. The fourth-order valence-corrected chi connectivity index (χ4v) is 2.51. The number of fused-ring (bicyclic) bond motifs is 1. The summed E-state index contributed by atoms with van der Waals surface area (Å²) in [4.78, 5) is 32.0. The molecule has 2 heterocycles. The Kier molecular flexibility index (Phi) is 3.36. The molecule has 0 fully saturated rings. The van der Waals surface area contributed by atoms with E-state index in [1.165, 1.54) is 12.4 Å². The Morgan fingerprint density at radius 1 is 1.32 bits per heavy atom. The molecule has 2 aromatic heterocycles. The van der Waals surface area contributed by atoms with Crippen molar-refractivity contribution >= 4 is 28.6 Å². The second-order valence-corrected chi connectivity index (χ2v) is 5.84. The first kappa shape index (κ1) is 13.2. The van der Waals surface area contributed by atoms with Crippen LogP contribution in [-0.2, 0) is 0 Å². The maximum Gasteiger partial charge on any atom is 0.420 e. The van der Waals surface area contributed by atoms with Crippen LogP contribution in [-0.4, -0.2) is 27.4 Å². The SMILES string of the molecule is [2H]C([2H])([2H])NC(=O)c1cnc(Nc2cc3c(cc2C)oc(=O)n3C(C)C)nc1. The maximum atomic E-state index is 12.0. The average molecular weight is 344 g/mol. The number of aryl methyl sites for hydroxylation is 1. The van der Waals surface area contributed by atoms with Gasteiger partial charge in [0.25, 0.3) is 5.91 Å². The van der Waals surface area contributed by atoms with E-state index in [9.17, 15) is 9.59 Å². The van der Waals surface area contributed by atoms with Crippen molar-refractivity contribution in [1.82, 2.24) is 19.9 Å². The number of hydrogen-bond acceptors (Lipinski definition) is 6. The lowest BCUT2D eigenvalue weighted by Gasteiger charge is -2.10. The van der Waals surface area contributed by atoms with Crippen LogP contribution in [0.25, 0.3) is 11.1 Å². The minimum Gasteiger partial charge on any atom is -0.408 e. The number of carbonyl (C=O) groups excluding carboxylic acids is 1. The van der Waals surface area contributed by atoms with Gasteiger partial charge in [-0.15, -0.1) is 0 Å². The highest BCUT2D eigenvalue weighted by atomic mass is 16.4. The number of nitrogens with one attached hydrogen (secondary N) is 2. The van der Waals surface area contributed by atoms with Crippen molar-refractivity contribution in [1.29, 1.82) is 0 Å². The van der Waals surface area contributed by atoms with E-state index in [0.29, 0.717) is 16.8 Å². The molecule has 1 aromatic carbocycles. The maximum absolute atomic E-state index is 12.0. The number of carbonyl (C=O) groups is 1. The second kappa shape index (κ2) is 6.39. The zero-order chi connectivity index (χ0) is 20.6. The quantitative estimate of drug-likeness (QED) is 0.753. The Bertz CT molecular complexity index is 1080. The van der Waals surface area contributed by atoms with Gasteiger partial charge in [-0.1, -0.05) is 0 Å². The summed E-state index contributed by atoms with van der Waals surface area (Å²) in [6.07, 6.45) is 2.46. The van der Waals surface area contributed by atoms with Crippen LogP contribution in [0.15, 0.2) is 33.7 Å². The molecule has 1 amide bonds. The number of oxazole rings is 1. The van der Waals surface area contributed by atoms with Gasteiger partial charge < -0.3 is 15.1 Å². The van der Waals surface area contributed by atoms with Gasteiger partial charge in [-0.25, -0.2) is 14.8 Å². The molecule has 0 spiro atoms. The number of nitrogens with zero attached hydrogens (tertiary/aromatic N) is 3. The summed E-state index contributed by atoms with van der Waals surface area (Å²) in [6.45, 7) is 3.02. The van der Waals surface area contributed by atoms with E-state index in [2.05, 4.69) is 15.3 Å². The van der Waals surface area contributed by atoms with Gasteiger partial charge in [-0.2, -0.15) is 0 Å². The molecule has 25 heavy (non-hydrogen) atoms. The van der Waals surface area contributed by atoms with Crippen molar-refractivity contribution in [3.05, 3.63) is 46.2 Å². The fourth-order valence-electron chi connectivity index (χ4n) is 2.51. The van der Waals surface area contributed by atoms with Gasteiger partial charge in [0.1, 0.15) is 0 Å². The first-order chi connectivity index (χ1) is 13.0. The van der Waals surface area contributed by atoms with E-state index in [1.807, 2.05) is 26.1 Å². The van der Waals surface area contributed by atoms with Crippen LogP contribution in [0.1, 0.15) is 39.9 Å². The lowest BCUT2D eigenvalue weighted by Crippen LogP contribution is -2.18. The van der Waals surface area contributed by atoms with Crippen molar-refractivity contribution in [2.24, 2.45) is 0 Å². The molecule has 0 saturated heterocycles. The standard InChI is InChI=1S/C17H19N5O3/c1-9(2)22-13-6-12(10(3)5-14(13)25-17(22)24)21-16-19-7-11(8-20-16)15(23)18-4/h5-9H,1-4H3,(H,18,23)(H,19,20,21)/i4D3. The van der Waals surface area contributed by atoms with E-state index < -0.39 is 18.6 Å². The van der Waals surface area contributed by atoms with E-state index >= 15 is 0 Å². The smallest absolute Gasteiger partial charge is 0.408 e. The van der Waals surface area contributed by atoms with Crippen LogP contribution in [0.2, 0.25) is 0 Å². The first-order valence-electron chi connectivity index (χ1n) is 9.12. The molecule has 0 saturated carbocycles. The van der Waals surface area contributed by atoms with Crippen LogP contribution in [0, 0.1) is 6.92 Å². The first-order valence-corrected chi connectivity index (χ1v) is 7.62. The van der Waals surface area contributed by atoms with Crippen LogP contribution in [0.5, 0.6) is 0 Å². The zero-order valence-electron chi connectivity index (χ0n) is 17.0. The number of rotatable bonds is 4. The zero-order valence-corrected chi connectivity index (χ0v) is 14.0. The predicted octanol–water partition coefficient (Wildman–Crippen LogP) is 2.38. The summed E-state index contributed by atoms with van der Waals surface area (Å²) in [5, 5.41) is 4.90. The third kappa shape index (κ3) is 3.10. The van der Waals surface area contributed by atoms with Gasteiger partial charge in [-0.3, -0.25) is 9.36 Å². The Balaban J connectivity index is 1.88. The van der Waals surface area contributed by atoms with Crippen molar-refractivity contribution in [3.63, 3.8) is 0 Å².